The van der Waals surface area contributed by atoms with Gasteiger partial charge in [-0.05, 0) is 31.5 Å². The zero-order valence-corrected chi connectivity index (χ0v) is 11.7. The maximum Gasteiger partial charge on any atom is 0.320 e. The molecule has 1 unspecified atom stereocenters. The molecule has 1 saturated heterocycles. The number of ether oxygens (including phenoxy) is 1. The van der Waals surface area contributed by atoms with Crippen LogP contribution in [0.4, 0.5) is 0 Å². The third-order valence-corrected chi connectivity index (χ3v) is 3.76. The molecule has 4 nitrogen and oxygen atoms in total. The highest BCUT2D eigenvalue weighted by Gasteiger charge is 2.28. The second kappa shape index (κ2) is 6.26. The first-order valence-electron chi connectivity index (χ1n) is 6.41. The maximum absolute atomic E-state index is 11.3. The van der Waals surface area contributed by atoms with Crippen molar-refractivity contribution in [2.24, 2.45) is 0 Å². The van der Waals surface area contributed by atoms with Crippen LogP contribution in [0.15, 0.2) is 18.2 Å². The molecule has 1 aliphatic rings. The van der Waals surface area contributed by atoms with E-state index in [2.05, 4.69) is 0 Å². The van der Waals surface area contributed by atoms with Crippen molar-refractivity contribution in [3.05, 3.63) is 28.8 Å². The molecule has 0 amide bonds. The maximum atomic E-state index is 11.3. The molecule has 104 valence electrons. The zero-order chi connectivity index (χ0) is 13.8. The summed E-state index contributed by atoms with van der Waals surface area (Å²) in [5.41, 5.74) is 0.972. The third-order valence-electron chi connectivity index (χ3n) is 3.52. The number of carbonyl (C=O) groups is 1. The molecule has 0 aliphatic carbocycles. The van der Waals surface area contributed by atoms with E-state index in [-0.39, 0.29) is 0 Å². The molecule has 0 aromatic heterocycles. The lowest BCUT2D eigenvalue weighted by Gasteiger charge is -2.33. The number of likely N-dealkylation sites (tertiary alicyclic amines) is 1. The van der Waals surface area contributed by atoms with E-state index in [4.69, 9.17) is 16.3 Å². The predicted molar refractivity (Wildman–Crippen MR) is 73.7 cm³/mol. The Labute approximate surface area is 117 Å². The summed E-state index contributed by atoms with van der Waals surface area (Å²) in [6.07, 6.45) is 2.73. The monoisotopic (exact) mass is 283 g/mol. The summed E-state index contributed by atoms with van der Waals surface area (Å²) >= 11 is 5.93. The van der Waals surface area contributed by atoms with Crippen LogP contribution >= 0.6 is 11.6 Å². The van der Waals surface area contributed by atoms with E-state index in [9.17, 15) is 9.90 Å². The van der Waals surface area contributed by atoms with Gasteiger partial charge in [0.1, 0.15) is 11.8 Å². The first-order chi connectivity index (χ1) is 9.11. The van der Waals surface area contributed by atoms with Crippen molar-refractivity contribution in [2.75, 3.05) is 13.7 Å². The topological polar surface area (TPSA) is 49.8 Å². The number of rotatable bonds is 4. The lowest BCUT2D eigenvalue weighted by Crippen LogP contribution is -2.44. The largest absolute Gasteiger partial charge is 0.496 e. The Balaban J connectivity index is 2.17. The van der Waals surface area contributed by atoms with Crippen molar-refractivity contribution >= 4 is 17.6 Å². The Morgan fingerprint density at radius 2 is 2.32 bits per heavy atom. The Morgan fingerprint density at radius 1 is 1.53 bits per heavy atom. The second-order valence-corrected chi connectivity index (χ2v) is 5.21. The number of piperidine rings is 1. The smallest absolute Gasteiger partial charge is 0.320 e. The zero-order valence-electron chi connectivity index (χ0n) is 10.9. The lowest BCUT2D eigenvalue weighted by molar-refractivity contribution is -0.144. The molecule has 2 rings (SSSR count). The number of hydrogen-bond acceptors (Lipinski definition) is 3. The molecular weight excluding hydrogens is 266 g/mol. The minimum absolute atomic E-state index is 0.394. The fourth-order valence-electron chi connectivity index (χ4n) is 2.53. The Hall–Kier alpha value is -1.26. The average molecular weight is 284 g/mol. The fourth-order valence-corrected chi connectivity index (χ4v) is 2.69. The number of carboxylic acid groups (broad SMARTS) is 1. The first kappa shape index (κ1) is 14.2. The average Bonchev–Trinajstić information content (AvgIpc) is 2.41. The number of nitrogens with zero attached hydrogens (tertiary/aromatic N) is 1. The minimum atomic E-state index is -0.743. The van der Waals surface area contributed by atoms with Gasteiger partial charge in [0.05, 0.1) is 7.11 Å². The van der Waals surface area contributed by atoms with Gasteiger partial charge < -0.3 is 9.84 Å². The molecule has 19 heavy (non-hydrogen) atoms. The van der Waals surface area contributed by atoms with Gasteiger partial charge in [0.25, 0.3) is 0 Å². The van der Waals surface area contributed by atoms with Crippen molar-refractivity contribution in [3.8, 4) is 5.75 Å². The highest BCUT2D eigenvalue weighted by atomic mass is 35.5. The number of aliphatic carboxylic acids is 1. The van der Waals surface area contributed by atoms with Gasteiger partial charge >= 0.3 is 5.97 Å². The molecule has 1 heterocycles. The summed E-state index contributed by atoms with van der Waals surface area (Å²) < 4.78 is 5.30. The fraction of sp³-hybridized carbons (Fsp3) is 0.500. The van der Waals surface area contributed by atoms with Gasteiger partial charge in [0, 0.05) is 17.1 Å². The van der Waals surface area contributed by atoms with Crippen molar-refractivity contribution in [1.29, 1.82) is 0 Å². The minimum Gasteiger partial charge on any atom is -0.496 e. The molecule has 0 radical (unpaired) electrons. The number of carboxylic acids is 1. The molecule has 1 N–H and O–H groups in total. The molecule has 0 spiro atoms. The van der Waals surface area contributed by atoms with E-state index in [0.717, 1.165) is 24.9 Å². The van der Waals surface area contributed by atoms with Crippen LogP contribution in [0.3, 0.4) is 0 Å². The van der Waals surface area contributed by atoms with Gasteiger partial charge in [-0.15, -0.1) is 0 Å². The van der Waals surface area contributed by atoms with E-state index in [0.29, 0.717) is 23.7 Å². The van der Waals surface area contributed by atoms with E-state index in [1.165, 1.54) is 0 Å². The number of halogens is 1. The SMILES string of the molecule is COc1cc(Cl)ccc1CN1CCCCC1C(=O)O. The predicted octanol–water partition coefficient (Wildman–Crippen LogP) is 2.79. The molecule has 0 saturated carbocycles. The van der Waals surface area contributed by atoms with Crippen LogP contribution in [-0.4, -0.2) is 35.7 Å². The van der Waals surface area contributed by atoms with Crippen LogP contribution in [0.5, 0.6) is 5.75 Å². The summed E-state index contributed by atoms with van der Waals surface area (Å²) in [6, 6.07) is 5.07. The van der Waals surface area contributed by atoms with Crippen molar-refractivity contribution in [1.82, 2.24) is 4.90 Å². The molecule has 1 aromatic rings. The quantitative estimate of drug-likeness (QED) is 0.923. The van der Waals surface area contributed by atoms with Crippen LogP contribution in [0.25, 0.3) is 0 Å². The summed E-state index contributed by atoms with van der Waals surface area (Å²) in [5, 5.41) is 9.88. The van der Waals surface area contributed by atoms with Crippen molar-refractivity contribution in [3.63, 3.8) is 0 Å². The van der Waals surface area contributed by atoms with Crippen molar-refractivity contribution < 1.29 is 14.6 Å². The van der Waals surface area contributed by atoms with Gasteiger partial charge in [-0.25, -0.2) is 0 Å². The number of methoxy groups -OCH3 is 1. The summed E-state index contributed by atoms with van der Waals surface area (Å²) in [6.45, 7) is 1.39. The van der Waals surface area contributed by atoms with Crippen LogP contribution < -0.4 is 4.74 Å². The van der Waals surface area contributed by atoms with E-state index < -0.39 is 12.0 Å². The van der Waals surface area contributed by atoms with Crippen LogP contribution in [-0.2, 0) is 11.3 Å². The summed E-state index contributed by atoms with van der Waals surface area (Å²) in [7, 11) is 1.60. The Kier molecular flexibility index (Phi) is 4.66. The molecule has 1 atom stereocenters. The number of benzene rings is 1. The third kappa shape index (κ3) is 3.39. The molecule has 1 fully saturated rings. The van der Waals surface area contributed by atoms with Crippen LogP contribution in [0, 0.1) is 0 Å². The molecule has 1 aromatic carbocycles. The molecule has 1 aliphatic heterocycles. The normalized spacial score (nSPS) is 20.2. The van der Waals surface area contributed by atoms with E-state index in [1.807, 2.05) is 11.0 Å². The number of hydrogen-bond donors (Lipinski definition) is 1. The van der Waals surface area contributed by atoms with E-state index in [1.54, 1.807) is 19.2 Å². The highest BCUT2D eigenvalue weighted by Crippen LogP contribution is 2.27. The summed E-state index contributed by atoms with van der Waals surface area (Å²) in [5.74, 6) is -0.0326. The molecule has 5 heteroatoms. The van der Waals surface area contributed by atoms with Gasteiger partial charge in [-0.2, -0.15) is 0 Å². The van der Waals surface area contributed by atoms with Gasteiger partial charge in [-0.1, -0.05) is 24.1 Å². The van der Waals surface area contributed by atoms with Gasteiger partial charge in [0.15, 0.2) is 0 Å². The van der Waals surface area contributed by atoms with E-state index >= 15 is 0 Å². The molecule has 0 bridgehead atoms. The lowest BCUT2D eigenvalue weighted by atomic mass is 10.0. The van der Waals surface area contributed by atoms with Gasteiger partial charge in [0.2, 0.25) is 0 Å². The summed E-state index contributed by atoms with van der Waals surface area (Å²) in [4.78, 5) is 13.3. The van der Waals surface area contributed by atoms with Crippen LogP contribution in [0.1, 0.15) is 24.8 Å². The van der Waals surface area contributed by atoms with Gasteiger partial charge in [-0.3, -0.25) is 9.69 Å². The first-order valence-corrected chi connectivity index (χ1v) is 6.79. The standard InChI is InChI=1S/C14H18ClNO3/c1-19-13-8-11(15)6-5-10(13)9-16-7-3-2-4-12(16)14(17)18/h5-6,8,12H,2-4,7,9H2,1H3,(H,17,18). The molecular formula is C14H18ClNO3. The van der Waals surface area contributed by atoms with Crippen LogP contribution in [0.2, 0.25) is 5.02 Å². The Bertz CT molecular complexity index is 464. The second-order valence-electron chi connectivity index (χ2n) is 4.78. The highest BCUT2D eigenvalue weighted by molar-refractivity contribution is 6.30. The van der Waals surface area contributed by atoms with Crippen molar-refractivity contribution in [2.45, 2.75) is 31.8 Å². The Morgan fingerprint density at radius 3 is 3.00 bits per heavy atom.